The summed E-state index contributed by atoms with van der Waals surface area (Å²) in [6.07, 6.45) is 10.2. The van der Waals surface area contributed by atoms with Crippen LogP contribution >= 0.6 is 0 Å². The van der Waals surface area contributed by atoms with Gasteiger partial charge in [0.1, 0.15) is 5.69 Å². The number of carbonyl (C=O) groups excluding carboxylic acids is 1. The zero-order valence-electron chi connectivity index (χ0n) is 14.7. The number of benzene rings is 1. The fourth-order valence-electron chi connectivity index (χ4n) is 3.56. The van der Waals surface area contributed by atoms with Crippen LogP contribution in [0.5, 0.6) is 0 Å². The van der Waals surface area contributed by atoms with E-state index in [1.807, 2.05) is 27.8 Å². The van der Waals surface area contributed by atoms with E-state index in [1.54, 1.807) is 18.7 Å². The highest BCUT2D eigenvalue weighted by Crippen LogP contribution is 2.23. The number of likely N-dealkylation sites (tertiary alicyclic amines) is 1. The highest BCUT2D eigenvalue weighted by Gasteiger charge is 2.24. The molecule has 3 aromatic rings. The summed E-state index contributed by atoms with van der Waals surface area (Å²) < 4.78 is 1.88. The Labute approximate surface area is 153 Å². The second-order valence-electron chi connectivity index (χ2n) is 6.79. The number of amides is 1. The van der Waals surface area contributed by atoms with Gasteiger partial charge in [0.15, 0.2) is 0 Å². The Morgan fingerprint density at radius 1 is 1.08 bits per heavy atom. The fourth-order valence-corrected chi connectivity index (χ4v) is 3.56. The number of rotatable bonds is 4. The van der Waals surface area contributed by atoms with Crippen LogP contribution in [0.25, 0.3) is 5.69 Å². The normalized spacial score (nSPS) is 15.2. The summed E-state index contributed by atoms with van der Waals surface area (Å²) in [6.45, 7) is 1.60. The van der Waals surface area contributed by atoms with Gasteiger partial charge < -0.3 is 9.47 Å². The molecule has 3 heterocycles. The molecule has 1 aliphatic rings. The van der Waals surface area contributed by atoms with Gasteiger partial charge in [0, 0.05) is 31.7 Å². The summed E-state index contributed by atoms with van der Waals surface area (Å²) in [7, 11) is 0. The first-order chi connectivity index (χ1) is 12.8. The Bertz CT molecular complexity index is 853. The van der Waals surface area contributed by atoms with Crippen molar-refractivity contribution < 1.29 is 4.79 Å². The lowest BCUT2D eigenvalue weighted by Gasteiger charge is -2.32. The van der Waals surface area contributed by atoms with E-state index in [4.69, 9.17) is 0 Å². The standard InChI is InChI=1S/C21H22N4O/c26-21(20-15-19(6-9-23-20)25-13-10-22-16-25)24-11-7-18(8-12-24)14-17-4-2-1-3-5-17/h1-6,9-10,13,15-16,18H,7-8,11-12,14H2. The largest absolute Gasteiger partial charge is 0.337 e. The van der Waals surface area contributed by atoms with Crippen molar-refractivity contribution in [2.75, 3.05) is 13.1 Å². The van der Waals surface area contributed by atoms with Gasteiger partial charge in [-0.1, -0.05) is 30.3 Å². The van der Waals surface area contributed by atoms with Crippen LogP contribution in [0.1, 0.15) is 28.9 Å². The molecule has 132 valence electrons. The number of piperidine rings is 1. The van der Waals surface area contributed by atoms with Gasteiger partial charge in [-0.3, -0.25) is 9.78 Å². The molecule has 0 radical (unpaired) electrons. The third-order valence-electron chi connectivity index (χ3n) is 5.03. The summed E-state index contributed by atoms with van der Waals surface area (Å²) in [5, 5.41) is 0. The maximum absolute atomic E-state index is 12.8. The Hall–Kier alpha value is -2.95. The van der Waals surface area contributed by atoms with E-state index in [1.165, 1.54) is 5.56 Å². The Balaban J connectivity index is 1.39. The van der Waals surface area contributed by atoms with E-state index in [2.05, 4.69) is 40.3 Å². The van der Waals surface area contributed by atoms with Crippen molar-refractivity contribution >= 4 is 5.91 Å². The van der Waals surface area contributed by atoms with Crippen molar-refractivity contribution in [1.29, 1.82) is 0 Å². The first kappa shape index (κ1) is 16.5. The highest BCUT2D eigenvalue weighted by atomic mass is 16.2. The number of pyridine rings is 1. The third kappa shape index (κ3) is 3.67. The van der Waals surface area contributed by atoms with Crippen LogP contribution in [0.2, 0.25) is 0 Å². The van der Waals surface area contributed by atoms with Gasteiger partial charge in [-0.2, -0.15) is 0 Å². The van der Waals surface area contributed by atoms with Crippen molar-refractivity contribution in [3.8, 4) is 5.69 Å². The number of imidazole rings is 1. The van der Waals surface area contributed by atoms with Crippen molar-refractivity contribution in [1.82, 2.24) is 19.4 Å². The van der Waals surface area contributed by atoms with Crippen molar-refractivity contribution in [3.05, 3.63) is 78.6 Å². The van der Waals surface area contributed by atoms with Crippen LogP contribution in [-0.2, 0) is 6.42 Å². The van der Waals surface area contributed by atoms with Crippen molar-refractivity contribution in [3.63, 3.8) is 0 Å². The predicted molar refractivity (Wildman–Crippen MR) is 100 cm³/mol. The molecule has 0 saturated carbocycles. The maximum Gasteiger partial charge on any atom is 0.272 e. The molecular formula is C21H22N4O. The smallest absolute Gasteiger partial charge is 0.272 e. The molecular weight excluding hydrogens is 324 g/mol. The lowest BCUT2D eigenvalue weighted by Crippen LogP contribution is -2.39. The first-order valence-electron chi connectivity index (χ1n) is 9.07. The van der Waals surface area contributed by atoms with Gasteiger partial charge in [0.05, 0.1) is 12.0 Å². The first-order valence-corrected chi connectivity index (χ1v) is 9.07. The van der Waals surface area contributed by atoms with Crippen molar-refractivity contribution in [2.24, 2.45) is 5.92 Å². The number of hydrogen-bond donors (Lipinski definition) is 0. The van der Waals surface area contributed by atoms with Crippen LogP contribution < -0.4 is 0 Å². The molecule has 1 amide bonds. The Morgan fingerprint density at radius 2 is 1.88 bits per heavy atom. The van der Waals surface area contributed by atoms with E-state index in [-0.39, 0.29) is 5.91 Å². The molecule has 0 aliphatic carbocycles. The maximum atomic E-state index is 12.8. The van der Waals surface area contributed by atoms with E-state index in [0.29, 0.717) is 11.6 Å². The van der Waals surface area contributed by atoms with Gasteiger partial charge in [-0.15, -0.1) is 0 Å². The number of carbonyl (C=O) groups is 1. The van der Waals surface area contributed by atoms with Crippen LogP contribution in [0, 0.1) is 5.92 Å². The van der Waals surface area contributed by atoms with E-state index < -0.39 is 0 Å². The molecule has 1 aromatic carbocycles. The quantitative estimate of drug-likeness (QED) is 0.728. The lowest BCUT2D eigenvalue weighted by molar-refractivity contribution is 0.0684. The third-order valence-corrected chi connectivity index (χ3v) is 5.03. The topological polar surface area (TPSA) is 51.0 Å². The molecule has 0 N–H and O–H groups in total. The number of nitrogens with zero attached hydrogens (tertiary/aromatic N) is 4. The second kappa shape index (κ2) is 7.52. The Morgan fingerprint density at radius 3 is 2.62 bits per heavy atom. The summed E-state index contributed by atoms with van der Waals surface area (Å²) in [6, 6.07) is 14.3. The minimum Gasteiger partial charge on any atom is -0.337 e. The van der Waals surface area contributed by atoms with Crippen LogP contribution in [-0.4, -0.2) is 38.4 Å². The zero-order valence-corrected chi connectivity index (χ0v) is 14.7. The SMILES string of the molecule is O=C(c1cc(-n2ccnc2)ccn1)N1CCC(Cc2ccccc2)CC1. The fraction of sp³-hybridized carbons (Fsp3) is 0.286. The van der Waals surface area contributed by atoms with E-state index >= 15 is 0 Å². The molecule has 0 atom stereocenters. The van der Waals surface area contributed by atoms with Crippen LogP contribution in [0.15, 0.2) is 67.4 Å². The average molecular weight is 346 g/mol. The number of aromatic nitrogens is 3. The minimum atomic E-state index is 0.0186. The minimum absolute atomic E-state index is 0.0186. The van der Waals surface area contributed by atoms with Crippen molar-refractivity contribution in [2.45, 2.75) is 19.3 Å². The molecule has 5 heteroatoms. The summed E-state index contributed by atoms with van der Waals surface area (Å²) >= 11 is 0. The predicted octanol–water partition coefficient (Wildman–Crippen LogP) is 3.36. The molecule has 0 unspecified atom stereocenters. The van der Waals surface area contributed by atoms with Gasteiger partial charge in [0.25, 0.3) is 5.91 Å². The molecule has 26 heavy (non-hydrogen) atoms. The van der Waals surface area contributed by atoms with Crippen LogP contribution in [0.3, 0.4) is 0 Å². The molecule has 0 bridgehead atoms. The molecule has 5 nitrogen and oxygen atoms in total. The zero-order chi connectivity index (χ0) is 17.8. The summed E-state index contributed by atoms with van der Waals surface area (Å²) in [4.78, 5) is 23.1. The van der Waals surface area contributed by atoms with E-state index in [0.717, 1.165) is 38.0 Å². The molecule has 4 rings (SSSR count). The number of hydrogen-bond acceptors (Lipinski definition) is 3. The average Bonchev–Trinajstić information content (AvgIpc) is 3.24. The van der Waals surface area contributed by atoms with Crippen LogP contribution in [0.4, 0.5) is 0 Å². The molecule has 2 aromatic heterocycles. The van der Waals surface area contributed by atoms with E-state index in [9.17, 15) is 4.79 Å². The summed E-state index contributed by atoms with van der Waals surface area (Å²) in [5.74, 6) is 0.664. The van der Waals surface area contributed by atoms with Gasteiger partial charge >= 0.3 is 0 Å². The molecule has 0 spiro atoms. The Kier molecular flexibility index (Phi) is 4.78. The van der Waals surface area contributed by atoms with Gasteiger partial charge in [-0.25, -0.2) is 4.98 Å². The van der Waals surface area contributed by atoms with Gasteiger partial charge in [0.2, 0.25) is 0 Å². The summed E-state index contributed by atoms with van der Waals surface area (Å²) in [5.41, 5.74) is 2.78. The second-order valence-corrected chi connectivity index (χ2v) is 6.79. The monoisotopic (exact) mass is 346 g/mol. The molecule has 1 aliphatic heterocycles. The molecule has 1 fully saturated rings. The molecule has 1 saturated heterocycles. The highest BCUT2D eigenvalue weighted by molar-refractivity contribution is 5.92. The lowest BCUT2D eigenvalue weighted by atomic mass is 9.90. The van der Waals surface area contributed by atoms with Gasteiger partial charge in [-0.05, 0) is 42.9 Å².